The number of halogens is 4. The van der Waals surface area contributed by atoms with Gasteiger partial charge in [-0.05, 0) is 12.5 Å². The first kappa shape index (κ1) is 11.6. The molecule has 0 atom stereocenters. The zero-order valence-electron chi connectivity index (χ0n) is 8.90. The van der Waals surface area contributed by atoms with Gasteiger partial charge in [-0.25, -0.2) is 17.6 Å². The molecule has 0 fully saturated rings. The number of rotatable bonds is 1. The molecule has 0 aliphatic rings. The molecular weight excluding hydrogens is 232 g/mol. The van der Waals surface area contributed by atoms with Crippen LogP contribution >= 0.6 is 0 Å². The van der Waals surface area contributed by atoms with E-state index in [1.54, 1.807) is 6.07 Å². The summed E-state index contributed by atoms with van der Waals surface area (Å²) in [5.74, 6) is -5.45. The van der Waals surface area contributed by atoms with Crippen molar-refractivity contribution in [3.63, 3.8) is 0 Å². The Labute approximate surface area is 95.5 Å². The molecule has 0 aliphatic heterocycles. The van der Waals surface area contributed by atoms with Crippen molar-refractivity contribution in [2.45, 2.75) is 6.92 Å². The van der Waals surface area contributed by atoms with Crippen LogP contribution in [0.3, 0.4) is 0 Å². The maximum atomic E-state index is 13.6. The van der Waals surface area contributed by atoms with E-state index >= 15 is 0 Å². The summed E-state index contributed by atoms with van der Waals surface area (Å²) in [5, 5.41) is 0. The van der Waals surface area contributed by atoms with Crippen molar-refractivity contribution in [2.24, 2.45) is 0 Å². The molecule has 0 aromatic heterocycles. The van der Waals surface area contributed by atoms with E-state index in [0.717, 1.165) is 6.92 Å². The monoisotopic (exact) mass is 240 g/mol. The minimum Gasteiger partial charge on any atom is -0.203 e. The van der Waals surface area contributed by atoms with Crippen LogP contribution in [-0.2, 0) is 0 Å². The first-order valence-corrected chi connectivity index (χ1v) is 4.92. The Morgan fingerprint density at radius 1 is 0.706 bits per heavy atom. The van der Waals surface area contributed by atoms with Crippen LogP contribution < -0.4 is 0 Å². The molecule has 2 aromatic rings. The van der Waals surface area contributed by atoms with Crippen molar-refractivity contribution in [1.29, 1.82) is 0 Å². The summed E-state index contributed by atoms with van der Waals surface area (Å²) < 4.78 is 53.9. The van der Waals surface area contributed by atoms with E-state index in [9.17, 15) is 17.6 Å². The molecule has 88 valence electrons. The fourth-order valence-electron chi connectivity index (χ4n) is 1.60. The van der Waals surface area contributed by atoms with Gasteiger partial charge >= 0.3 is 0 Å². The maximum Gasteiger partial charge on any atom is 0.170 e. The molecule has 2 rings (SSSR count). The average Bonchev–Trinajstić information content (AvgIpc) is 2.36. The van der Waals surface area contributed by atoms with Crippen molar-refractivity contribution in [3.05, 3.63) is 59.2 Å². The SMILES string of the molecule is Cc1c(F)c(F)c(-c2ccccc2)c(F)c1F. The molecule has 0 N–H and O–H groups in total. The third-order valence-corrected chi connectivity index (χ3v) is 2.55. The summed E-state index contributed by atoms with van der Waals surface area (Å²) in [5.41, 5.74) is -1.23. The van der Waals surface area contributed by atoms with E-state index in [1.165, 1.54) is 24.3 Å². The Morgan fingerprint density at radius 2 is 1.18 bits per heavy atom. The molecule has 4 heteroatoms. The van der Waals surface area contributed by atoms with Gasteiger partial charge in [-0.2, -0.15) is 0 Å². The van der Waals surface area contributed by atoms with Crippen LogP contribution in [0, 0.1) is 30.2 Å². The highest BCUT2D eigenvalue weighted by Gasteiger charge is 2.23. The van der Waals surface area contributed by atoms with Gasteiger partial charge in [-0.15, -0.1) is 0 Å². The molecule has 0 heterocycles. The molecular formula is C13H8F4. The smallest absolute Gasteiger partial charge is 0.170 e. The molecule has 0 nitrogen and oxygen atoms in total. The van der Waals surface area contributed by atoms with Gasteiger partial charge in [-0.1, -0.05) is 30.3 Å². The van der Waals surface area contributed by atoms with E-state index in [-0.39, 0.29) is 5.56 Å². The lowest BCUT2D eigenvalue weighted by molar-refractivity contribution is 0.449. The van der Waals surface area contributed by atoms with E-state index in [0.29, 0.717) is 0 Å². The minimum absolute atomic E-state index is 0.0975. The quantitative estimate of drug-likeness (QED) is 0.517. The highest BCUT2D eigenvalue weighted by Crippen LogP contribution is 2.31. The standard InChI is InChI=1S/C13H8F4/c1-7-10(14)12(16)9(13(17)11(7)15)8-5-3-2-4-6-8/h2-6H,1H3. The molecule has 2 aromatic carbocycles. The summed E-state index contributed by atoms with van der Waals surface area (Å²) in [7, 11) is 0. The summed E-state index contributed by atoms with van der Waals surface area (Å²) in [6.45, 7) is 0.992. The Hall–Kier alpha value is -1.84. The lowest BCUT2D eigenvalue weighted by atomic mass is 10.0. The molecule has 17 heavy (non-hydrogen) atoms. The van der Waals surface area contributed by atoms with E-state index < -0.39 is 34.4 Å². The number of hydrogen-bond donors (Lipinski definition) is 0. The molecule has 0 aliphatic carbocycles. The lowest BCUT2D eigenvalue weighted by Gasteiger charge is -2.09. The highest BCUT2D eigenvalue weighted by atomic mass is 19.2. The van der Waals surface area contributed by atoms with Crippen molar-refractivity contribution in [3.8, 4) is 11.1 Å². The summed E-state index contributed by atoms with van der Waals surface area (Å²) in [4.78, 5) is 0. The normalized spacial score (nSPS) is 10.6. The molecule has 0 amide bonds. The van der Waals surface area contributed by atoms with Crippen LogP contribution in [0.2, 0.25) is 0 Å². The average molecular weight is 240 g/mol. The van der Waals surface area contributed by atoms with Gasteiger partial charge in [0.15, 0.2) is 23.3 Å². The van der Waals surface area contributed by atoms with Crippen LogP contribution in [0.15, 0.2) is 30.3 Å². The first-order valence-electron chi connectivity index (χ1n) is 4.92. The van der Waals surface area contributed by atoms with Crippen LogP contribution in [0.4, 0.5) is 17.6 Å². The predicted molar refractivity (Wildman–Crippen MR) is 56.4 cm³/mol. The Kier molecular flexibility index (Phi) is 2.88. The minimum atomic E-state index is -1.37. The number of benzene rings is 2. The van der Waals surface area contributed by atoms with Crippen molar-refractivity contribution in [1.82, 2.24) is 0 Å². The molecule has 0 saturated heterocycles. The second kappa shape index (κ2) is 4.20. The molecule has 0 saturated carbocycles. The fraction of sp³-hybridized carbons (Fsp3) is 0.0769. The topological polar surface area (TPSA) is 0 Å². The molecule has 0 unspecified atom stereocenters. The van der Waals surface area contributed by atoms with Crippen LogP contribution in [-0.4, -0.2) is 0 Å². The largest absolute Gasteiger partial charge is 0.203 e. The first-order chi connectivity index (χ1) is 8.04. The predicted octanol–water partition coefficient (Wildman–Crippen LogP) is 4.22. The van der Waals surface area contributed by atoms with Gasteiger partial charge in [0.05, 0.1) is 5.56 Å². The fourth-order valence-corrected chi connectivity index (χ4v) is 1.60. The Morgan fingerprint density at radius 3 is 1.65 bits per heavy atom. The second-order valence-corrected chi connectivity index (χ2v) is 3.62. The molecule has 0 spiro atoms. The van der Waals surface area contributed by atoms with Gasteiger partial charge in [0.1, 0.15) is 0 Å². The third kappa shape index (κ3) is 1.79. The van der Waals surface area contributed by atoms with Gasteiger partial charge < -0.3 is 0 Å². The zero-order valence-corrected chi connectivity index (χ0v) is 8.90. The van der Waals surface area contributed by atoms with Gasteiger partial charge in [0.25, 0.3) is 0 Å². The van der Waals surface area contributed by atoms with E-state index in [4.69, 9.17) is 0 Å². The maximum absolute atomic E-state index is 13.6. The Balaban J connectivity index is 2.80. The van der Waals surface area contributed by atoms with E-state index in [1.807, 2.05) is 0 Å². The highest BCUT2D eigenvalue weighted by molar-refractivity contribution is 5.65. The molecule has 0 bridgehead atoms. The summed E-state index contributed by atoms with van der Waals surface area (Å²) in [6.07, 6.45) is 0. The van der Waals surface area contributed by atoms with Crippen LogP contribution in [0.5, 0.6) is 0 Å². The third-order valence-electron chi connectivity index (χ3n) is 2.55. The lowest BCUT2D eigenvalue weighted by Crippen LogP contribution is -2.02. The molecule has 0 radical (unpaired) electrons. The summed E-state index contributed by atoms with van der Waals surface area (Å²) in [6, 6.07) is 7.47. The van der Waals surface area contributed by atoms with Gasteiger partial charge in [0.2, 0.25) is 0 Å². The number of hydrogen-bond acceptors (Lipinski definition) is 0. The van der Waals surface area contributed by atoms with Crippen molar-refractivity contribution in [2.75, 3.05) is 0 Å². The van der Waals surface area contributed by atoms with E-state index in [2.05, 4.69) is 0 Å². The van der Waals surface area contributed by atoms with Gasteiger partial charge in [0, 0.05) is 5.56 Å². The second-order valence-electron chi connectivity index (χ2n) is 3.62. The van der Waals surface area contributed by atoms with Gasteiger partial charge in [-0.3, -0.25) is 0 Å². The van der Waals surface area contributed by atoms with Crippen LogP contribution in [0.25, 0.3) is 11.1 Å². The van der Waals surface area contributed by atoms with Crippen molar-refractivity contribution < 1.29 is 17.6 Å². The van der Waals surface area contributed by atoms with Crippen LogP contribution in [0.1, 0.15) is 5.56 Å². The van der Waals surface area contributed by atoms with Crippen molar-refractivity contribution >= 4 is 0 Å². The zero-order chi connectivity index (χ0) is 12.6. The Bertz CT molecular complexity index is 532. The summed E-state index contributed by atoms with van der Waals surface area (Å²) >= 11 is 0.